The topological polar surface area (TPSA) is 21.3 Å². The van der Waals surface area contributed by atoms with Crippen LogP contribution in [0.25, 0.3) is 0 Å². The quantitative estimate of drug-likeness (QED) is 0.467. The van der Waals surface area contributed by atoms with E-state index in [1.54, 1.807) is 7.11 Å². The van der Waals surface area contributed by atoms with Gasteiger partial charge in [-0.25, -0.2) is 0 Å². The average molecular weight is 171 g/mol. The third-order valence-electron chi connectivity index (χ3n) is 1.79. The van der Waals surface area contributed by atoms with E-state index in [2.05, 4.69) is 24.4 Å². The van der Waals surface area contributed by atoms with Crippen molar-refractivity contribution in [2.75, 3.05) is 20.3 Å². The maximum Gasteiger partial charge on any atom is 0.0476 e. The van der Waals surface area contributed by atoms with Gasteiger partial charge in [0.2, 0.25) is 0 Å². The molecule has 2 nitrogen and oxygen atoms in total. The molecule has 72 valence electrons. The van der Waals surface area contributed by atoms with Gasteiger partial charge >= 0.3 is 0 Å². The van der Waals surface area contributed by atoms with Gasteiger partial charge in [-0.3, -0.25) is 0 Å². The first-order valence-corrected chi connectivity index (χ1v) is 4.64. The second-order valence-corrected chi connectivity index (χ2v) is 2.99. The Hall–Kier alpha value is -0.340. The van der Waals surface area contributed by atoms with Gasteiger partial charge in [0.15, 0.2) is 0 Å². The highest BCUT2D eigenvalue weighted by atomic mass is 16.5. The molecule has 0 aliphatic heterocycles. The van der Waals surface area contributed by atoms with Crippen LogP contribution in [-0.4, -0.2) is 26.3 Å². The zero-order valence-corrected chi connectivity index (χ0v) is 8.47. The second-order valence-electron chi connectivity index (χ2n) is 2.99. The second kappa shape index (κ2) is 8.75. The first-order valence-electron chi connectivity index (χ1n) is 4.64. The van der Waals surface area contributed by atoms with E-state index in [0.29, 0.717) is 6.04 Å². The van der Waals surface area contributed by atoms with Crippen LogP contribution in [-0.2, 0) is 4.74 Å². The Labute approximate surface area is 76.0 Å². The molecule has 2 heteroatoms. The van der Waals surface area contributed by atoms with Gasteiger partial charge in [0.25, 0.3) is 0 Å². The highest BCUT2D eigenvalue weighted by Gasteiger charge is 1.97. The van der Waals surface area contributed by atoms with Crippen molar-refractivity contribution in [3.63, 3.8) is 0 Å². The lowest BCUT2D eigenvalue weighted by Crippen LogP contribution is -2.27. The van der Waals surface area contributed by atoms with Crippen LogP contribution in [0.4, 0.5) is 0 Å². The monoisotopic (exact) mass is 171 g/mol. The maximum absolute atomic E-state index is 4.99. The van der Waals surface area contributed by atoms with E-state index in [4.69, 9.17) is 4.74 Å². The lowest BCUT2D eigenvalue weighted by Gasteiger charge is -2.11. The minimum absolute atomic E-state index is 0.565. The SMILES string of the molecule is C/C=C/CCNC(C)CCOC. The van der Waals surface area contributed by atoms with Crippen molar-refractivity contribution >= 4 is 0 Å². The summed E-state index contributed by atoms with van der Waals surface area (Å²) in [5.74, 6) is 0. The summed E-state index contributed by atoms with van der Waals surface area (Å²) in [5, 5.41) is 3.42. The molecule has 12 heavy (non-hydrogen) atoms. The summed E-state index contributed by atoms with van der Waals surface area (Å²) in [6.45, 7) is 6.15. The molecule has 0 saturated heterocycles. The van der Waals surface area contributed by atoms with Crippen molar-refractivity contribution in [1.82, 2.24) is 5.32 Å². The Morgan fingerprint density at radius 3 is 2.83 bits per heavy atom. The fraction of sp³-hybridized carbons (Fsp3) is 0.800. The molecule has 0 saturated carbocycles. The van der Waals surface area contributed by atoms with Crippen LogP contribution < -0.4 is 5.32 Å². The summed E-state index contributed by atoms with van der Waals surface area (Å²) in [5.41, 5.74) is 0. The van der Waals surface area contributed by atoms with E-state index < -0.39 is 0 Å². The number of nitrogens with one attached hydrogen (secondary N) is 1. The van der Waals surface area contributed by atoms with Gasteiger partial charge in [-0.2, -0.15) is 0 Å². The molecule has 0 bridgehead atoms. The average Bonchev–Trinajstić information content (AvgIpc) is 2.09. The molecule has 0 radical (unpaired) electrons. The largest absolute Gasteiger partial charge is 0.385 e. The predicted molar refractivity (Wildman–Crippen MR) is 53.4 cm³/mol. The predicted octanol–water partition coefficient (Wildman–Crippen LogP) is 1.97. The van der Waals surface area contributed by atoms with Crippen molar-refractivity contribution < 1.29 is 4.74 Å². The van der Waals surface area contributed by atoms with Gasteiger partial charge in [0, 0.05) is 19.8 Å². The molecule has 0 spiro atoms. The van der Waals surface area contributed by atoms with E-state index in [-0.39, 0.29) is 0 Å². The third kappa shape index (κ3) is 7.76. The number of ether oxygens (including phenoxy) is 1. The number of rotatable bonds is 7. The van der Waals surface area contributed by atoms with Gasteiger partial charge in [0.05, 0.1) is 0 Å². The van der Waals surface area contributed by atoms with Crippen LogP contribution in [0.15, 0.2) is 12.2 Å². The number of allylic oxidation sites excluding steroid dienone is 1. The van der Waals surface area contributed by atoms with Crippen LogP contribution in [0.3, 0.4) is 0 Å². The molecule has 1 unspecified atom stereocenters. The summed E-state index contributed by atoms with van der Waals surface area (Å²) < 4.78 is 4.99. The van der Waals surface area contributed by atoms with Crippen molar-refractivity contribution in [3.05, 3.63) is 12.2 Å². The number of hydrogen-bond donors (Lipinski definition) is 1. The Balaban J connectivity index is 3.13. The van der Waals surface area contributed by atoms with Crippen LogP contribution >= 0.6 is 0 Å². The maximum atomic E-state index is 4.99. The van der Waals surface area contributed by atoms with Crippen molar-refractivity contribution in [1.29, 1.82) is 0 Å². The number of methoxy groups -OCH3 is 1. The highest BCUT2D eigenvalue weighted by Crippen LogP contribution is 1.91. The molecule has 0 amide bonds. The molecule has 0 aromatic rings. The van der Waals surface area contributed by atoms with E-state index in [1.807, 2.05) is 6.92 Å². The smallest absolute Gasteiger partial charge is 0.0476 e. The van der Waals surface area contributed by atoms with Gasteiger partial charge in [-0.15, -0.1) is 0 Å². The lowest BCUT2D eigenvalue weighted by atomic mass is 10.2. The third-order valence-corrected chi connectivity index (χ3v) is 1.79. The lowest BCUT2D eigenvalue weighted by molar-refractivity contribution is 0.185. The van der Waals surface area contributed by atoms with Crippen LogP contribution in [0.1, 0.15) is 26.7 Å². The van der Waals surface area contributed by atoms with Crippen molar-refractivity contribution in [3.8, 4) is 0 Å². The Morgan fingerprint density at radius 1 is 1.50 bits per heavy atom. The summed E-state index contributed by atoms with van der Waals surface area (Å²) in [4.78, 5) is 0. The minimum atomic E-state index is 0.565. The van der Waals surface area contributed by atoms with Crippen molar-refractivity contribution in [2.24, 2.45) is 0 Å². The van der Waals surface area contributed by atoms with E-state index in [9.17, 15) is 0 Å². The molecule has 0 aliphatic rings. The molecule has 1 atom stereocenters. The molecular formula is C10H21NO. The van der Waals surface area contributed by atoms with Gasteiger partial charge in [-0.05, 0) is 33.2 Å². The van der Waals surface area contributed by atoms with Crippen LogP contribution in [0, 0.1) is 0 Å². The fourth-order valence-corrected chi connectivity index (χ4v) is 0.976. The first-order chi connectivity index (χ1) is 5.81. The zero-order valence-electron chi connectivity index (χ0n) is 8.47. The minimum Gasteiger partial charge on any atom is -0.385 e. The molecule has 0 heterocycles. The summed E-state index contributed by atoms with van der Waals surface area (Å²) in [7, 11) is 1.74. The standard InChI is InChI=1S/C10H21NO/c1-4-5-6-8-11-10(2)7-9-12-3/h4-5,10-11H,6-9H2,1-3H3/b5-4+. The molecule has 0 fully saturated rings. The van der Waals surface area contributed by atoms with Gasteiger partial charge in [0.1, 0.15) is 0 Å². The van der Waals surface area contributed by atoms with Crippen LogP contribution in [0.2, 0.25) is 0 Å². The summed E-state index contributed by atoms with van der Waals surface area (Å²) >= 11 is 0. The molecular weight excluding hydrogens is 150 g/mol. The van der Waals surface area contributed by atoms with E-state index in [0.717, 1.165) is 26.0 Å². The molecule has 0 rings (SSSR count). The van der Waals surface area contributed by atoms with Crippen LogP contribution in [0.5, 0.6) is 0 Å². The summed E-state index contributed by atoms with van der Waals surface area (Å²) in [6, 6.07) is 0.565. The Bertz CT molecular complexity index is 112. The Kier molecular flexibility index (Phi) is 8.51. The molecule has 0 aliphatic carbocycles. The number of hydrogen-bond acceptors (Lipinski definition) is 2. The fourth-order valence-electron chi connectivity index (χ4n) is 0.976. The van der Waals surface area contributed by atoms with Gasteiger partial charge in [-0.1, -0.05) is 12.2 Å². The zero-order chi connectivity index (χ0) is 9.23. The normalized spacial score (nSPS) is 13.9. The van der Waals surface area contributed by atoms with Crippen molar-refractivity contribution in [2.45, 2.75) is 32.7 Å². The first kappa shape index (κ1) is 11.7. The van der Waals surface area contributed by atoms with Gasteiger partial charge < -0.3 is 10.1 Å². The summed E-state index contributed by atoms with van der Waals surface area (Å²) in [6.07, 6.45) is 6.47. The molecule has 0 aromatic heterocycles. The van der Waals surface area contributed by atoms with E-state index in [1.165, 1.54) is 0 Å². The molecule has 0 aromatic carbocycles. The highest BCUT2D eigenvalue weighted by molar-refractivity contribution is 4.77. The molecule has 1 N–H and O–H groups in total. The Morgan fingerprint density at radius 2 is 2.25 bits per heavy atom. The van der Waals surface area contributed by atoms with E-state index >= 15 is 0 Å².